The third kappa shape index (κ3) is 2.79. The lowest BCUT2D eigenvalue weighted by Crippen LogP contribution is -2.05. The molecule has 0 amide bonds. The van der Waals surface area contributed by atoms with Crippen LogP contribution in [0.5, 0.6) is 0 Å². The van der Waals surface area contributed by atoms with Gasteiger partial charge in [-0.3, -0.25) is 9.19 Å². The largest absolute Gasteiger partial charge is 0.417 e. The van der Waals surface area contributed by atoms with Gasteiger partial charge in [-0.25, -0.2) is 9.97 Å². The van der Waals surface area contributed by atoms with Crippen LogP contribution in [0.2, 0.25) is 0 Å². The molecule has 0 saturated heterocycles. The molecule has 0 aliphatic carbocycles. The average Bonchev–Trinajstić information content (AvgIpc) is 2.89. The van der Waals surface area contributed by atoms with Gasteiger partial charge >= 0.3 is 6.18 Å². The molecule has 0 aliphatic heterocycles. The number of imidazole rings is 1. The van der Waals surface area contributed by atoms with Gasteiger partial charge in [0.1, 0.15) is 11.3 Å². The van der Waals surface area contributed by atoms with Crippen LogP contribution in [0, 0.1) is 0 Å². The highest BCUT2D eigenvalue weighted by Gasteiger charge is 2.32. The molecule has 0 spiro atoms. The molecule has 0 N–H and O–H groups in total. The molecule has 0 unspecified atom stereocenters. The molecule has 0 aliphatic rings. The molecule has 1 atom stereocenters. The van der Waals surface area contributed by atoms with Gasteiger partial charge in [-0.15, -0.1) is 0 Å². The standard InChI is InChI=1S/C15H13F3N4OS/c1-3-24(23)12-4-5-19-8-10(12)13-21-11-6-9(15(16,17)18)7-20-14(11)22(13)2/h4-8H,3H2,1-2H3/t24-/m0/s1. The first kappa shape index (κ1) is 16.6. The monoisotopic (exact) mass is 354 g/mol. The molecule has 0 bridgehead atoms. The molecule has 3 heterocycles. The number of fused-ring (bicyclic) bond motifs is 1. The summed E-state index contributed by atoms with van der Waals surface area (Å²) in [7, 11) is 0.405. The van der Waals surface area contributed by atoms with Gasteiger partial charge in [0.15, 0.2) is 5.65 Å². The summed E-state index contributed by atoms with van der Waals surface area (Å²) >= 11 is 0. The zero-order valence-electron chi connectivity index (χ0n) is 12.8. The van der Waals surface area contributed by atoms with E-state index in [9.17, 15) is 17.4 Å². The van der Waals surface area contributed by atoms with Crippen molar-refractivity contribution in [1.29, 1.82) is 0 Å². The number of aryl methyl sites for hydroxylation is 1. The van der Waals surface area contributed by atoms with E-state index in [2.05, 4.69) is 15.0 Å². The van der Waals surface area contributed by atoms with Crippen molar-refractivity contribution in [2.24, 2.45) is 7.05 Å². The van der Waals surface area contributed by atoms with E-state index in [1.165, 1.54) is 12.4 Å². The summed E-state index contributed by atoms with van der Waals surface area (Å²) in [6.45, 7) is 1.78. The molecule has 0 fully saturated rings. The van der Waals surface area contributed by atoms with Crippen LogP contribution in [0.3, 0.4) is 0 Å². The zero-order chi connectivity index (χ0) is 17.5. The van der Waals surface area contributed by atoms with E-state index in [1.807, 2.05) is 0 Å². The topological polar surface area (TPSA) is 60.7 Å². The van der Waals surface area contributed by atoms with Gasteiger partial charge in [-0.2, -0.15) is 13.2 Å². The molecule has 9 heteroatoms. The molecule has 0 radical (unpaired) electrons. The van der Waals surface area contributed by atoms with Crippen LogP contribution in [0.1, 0.15) is 12.5 Å². The Hall–Kier alpha value is -2.29. The van der Waals surface area contributed by atoms with E-state index in [0.29, 0.717) is 27.7 Å². The number of halogens is 3. The molecule has 0 aromatic carbocycles. The van der Waals surface area contributed by atoms with Gasteiger partial charge in [0.25, 0.3) is 0 Å². The van der Waals surface area contributed by atoms with Crippen molar-refractivity contribution < 1.29 is 17.4 Å². The van der Waals surface area contributed by atoms with Crippen molar-refractivity contribution in [3.05, 3.63) is 36.3 Å². The number of rotatable bonds is 3. The molecule has 24 heavy (non-hydrogen) atoms. The second-order valence-corrected chi connectivity index (χ2v) is 6.77. The first-order valence-electron chi connectivity index (χ1n) is 7.05. The number of hydrogen-bond donors (Lipinski definition) is 0. The molecular formula is C15H13F3N4OS. The van der Waals surface area contributed by atoms with E-state index in [0.717, 1.165) is 12.3 Å². The summed E-state index contributed by atoms with van der Waals surface area (Å²) in [6, 6.07) is 2.58. The van der Waals surface area contributed by atoms with Crippen molar-refractivity contribution in [2.45, 2.75) is 18.0 Å². The minimum Gasteiger partial charge on any atom is -0.312 e. The molecule has 0 saturated carbocycles. The smallest absolute Gasteiger partial charge is 0.312 e. The molecule has 126 valence electrons. The first-order chi connectivity index (χ1) is 11.3. The average molecular weight is 354 g/mol. The second kappa shape index (κ2) is 5.97. The van der Waals surface area contributed by atoms with Crippen molar-refractivity contribution in [2.75, 3.05) is 5.75 Å². The van der Waals surface area contributed by atoms with E-state index in [1.54, 1.807) is 24.6 Å². The highest BCUT2D eigenvalue weighted by molar-refractivity contribution is 7.85. The maximum absolute atomic E-state index is 12.8. The summed E-state index contributed by atoms with van der Waals surface area (Å²) in [5.74, 6) is 0.791. The fourth-order valence-electron chi connectivity index (χ4n) is 2.38. The SMILES string of the molecule is CC[S@](=O)c1ccncc1-c1nc2cc(C(F)(F)F)cnc2n1C. The lowest BCUT2D eigenvalue weighted by atomic mass is 10.2. The van der Waals surface area contributed by atoms with Crippen molar-refractivity contribution in [3.8, 4) is 11.4 Å². The number of pyridine rings is 2. The summed E-state index contributed by atoms with van der Waals surface area (Å²) in [4.78, 5) is 12.7. The lowest BCUT2D eigenvalue weighted by Gasteiger charge is -2.07. The van der Waals surface area contributed by atoms with Gasteiger partial charge in [0.2, 0.25) is 0 Å². The van der Waals surface area contributed by atoms with Crippen molar-refractivity contribution >= 4 is 22.0 Å². The first-order valence-corrected chi connectivity index (χ1v) is 8.37. The van der Waals surface area contributed by atoms with Crippen LogP contribution in [0.4, 0.5) is 13.2 Å². The van der Waals surface area contributed by atoms with Gasteiger partial charge in [-0.1, -0.05) is 6.92 Å². The summed E-state index contributed by atoms with van der Waals surface area (Å²) < 4.78 is 52.3. The lowest BCUT2D eigenvalue weighted by molar-refractivity contribution is -0.137. The van der Waals surface area contributed by atoms with Gasteiger partial charge in [-0.05, 0) is 12.1 Å². The Morgan fingerprint density at radius 1 is 1.29 bits per heavy atom. The Bertz CT molecular complexity index is 936. The van der Waals surface area contributed by atoms with E-state index in [4.69, 9.17) is 0 Å². The predicted octanol–water partition coefficient (Wildman–Crippen LogP) is 3.18. The Morgan fingerprint density at radius 3 is 2.71 bits per heavy atom. The molecule has 5 nitrogen and oxygen atoms in total. The van der Waals surface area contributed by atoms with E-state index in [-0.39, 0.29) is 5.52 Å². The molecule has 3 aromatic heterocycles. The maximum Gasteiger partial charge on any atom is 0.417 e. The Balaban J connectivity index is 2.22. The third-order valence-corrected chi connectivity index (χ3v) is 4.94. The summed E-state index contributed by atoms with van der Waals surface area (Å²) in [5.41, 5.74) is 0.101. The second-order valence-electron chi connectivity index (χ2n) is 5.06. The van der Waals surface area contributed by atoms with Crippen molar-refractivity contribution in [1.82, 2.24) is 19.5 Å². The normalized spacial score (nSPS) is 13.4. The maximum atomic E-state index is 12.8. The number of alkyl halides is 3. The summed E-state index contributed by atoms with van der Waals surface area (Å²) in [5, 5.41) is 0. The zero-order valence-corrected chi connectivity index (χ0v) is 13.6. The minimum absolute atomic E-state index is 0.124. The molecular weight excluding hydrogens is 341 g/mol. The Kier molecular flexibility index (Phi) is 4.12. The van der Waals surface area contributed by atoms with Crippen LogP contribution in [-0.4, -0.2) is 29.5 Å². The highest BCUT2D eigenvalue weighted by atomic mass is 32.2. The van der Waals surface area contributed by atoms with Gasteiger partial charge in [0.05, 0.1) is 26.8 Å². The van der Waals surface area contributed by atoms with Crippen LogP contribution in [0.15, 0.2) is 35.6 Å². The Labute approximate surface area is 138 Å². The van der Waals surface area contributed by atoms with Crippen LogP contribution < -0.4 is 0 Å². The van der Waals surface area contributed by atoms with E-state index < -0.39 is 22.5 Å². The molecule has 3 rings (SSSR count). The van der Waals surface area contributed by atoms with E-state index >= 15 is 0 Å². The van der Waals surface area contributed by atoms with Crippen molar-refractivity contribution in [3.63, 3.8) is 0 Å². The van der Waals surface area contributed by atoms with Crippen LogP contribution >= 0.6 is 0 Å². The number of aromatic nitrogens is 4. The minimum atomic E-state index is -4.48. The fourth-order valence-corrected chi connectivity index (χ4v) is 3.29. The quantitative estimate of drug-likeness (QED) is 0.725. The fraction of sp³-hybridized carbons (Fsp3) is 0.267. The van der Waals surface area contributed by atoms with Crippen LogP contribution in [-0.2, 0) is 24.0 Å². The third-order valence-electron chi connectivity index (χ3n) is 3.57. The highest BCUT2D eigenvalue weighted by Crippen LogP contribution is 2.32. The summed E-state index contributed by atoms with van der Waals surface area (Å²) in [6.07, 6.45) is -0.673. The number of hydrogen-bond acceptors (Lipinski definition) is 4. The van der Waals surface area contributed by atoms with Crippen LogP contribution in [0.25, 0.3) is 22.6 Å². The van der Waals surface area contributed by atoms with Gasteiger partial charge < -0.3 is 4.57 Å². The number of nitrogens with zero attached hydrogens (tertiary/aromatic N) is 4. The molecule has 3 aromatic rings. The Morgan fingerprint density at radius 2 is 2.04 bits per heavy atom. The van der Waals surface area contributed by atoms with Gasteiger partial charge in [0, 0.05) is 31.4 Å². The predicted molar refractivity (Wildman–Crippen MR) is 83.7 cm³/mol.